The molecule has 0 saturated heterocycles. The molecule has 0 bridgehead atoms. The number of hydrogen-bond donors (Lipinski definition) is 1. The summed E-state index contributed by atoms with van der Waals surface area (Å²) in [5.74, 6) is -2.03. The molecule has 0 spiro atoms. The average molecular weight is 296 g/mol. The van der Waals surface area contributed by atoms with Crippen molar-refractivity contribution in [1.82, 2.24) is 5.32 Å². The normalized spacial score (nSPS) is 12.3. The van der Waals surface area contributed by atoms with E-state index in [9.17, 15) is 18.9 Å². The number of nitrogens with one attached hydrogen (secondary N) is 1. The van der Waals surface area contributed by atoms with E-state index in [1.165, 1.54) is 18.2 Å². The zero-order valence-corrected chi connectivity index (χ0v) is 11.3. The number of benzene rings is 1. The fourth-order valence-corrected chi connectivity index (χ4v) is 1.96. The Labute approximate surface area is 119 Å². The molecule has 7 heteroatoms. The number of hydrogen-bond acceptors (Lipinski definition) is 4. The van der Waals surface area contributed by atoms with Gasteiger partial charge in [0.15, 0.2) is 11.6 Å². The first-order chi connectivity index (χ1) is 10.0. The van der Waals surface area contributed by atoms with Gasteiger partial charge in [0.25, 0.3) is 0 Å². The highest BCUT2D eigenvalue weighted by Gasteiger charge is 2.22. The lowest BCUT2D eigenvalue weighted by molar-refractivity contribution is -0.402. The van der Waals surface area contributed by atoms with Gasteiger partial charge in [-0.3, -0.25) is 10.1 Å². The SMILES string of the molecule is CCCNC(c1ccc(F)c(F)c1)c1ccc([N+](=O)[O-])o1. The lowest BCUT2D eigenvalue weighted by Crippen LogP contribution is -2.23. The van der Waals surface area contributed by atoms with Gasteiger partial charge in [0.05, 0.1) is 12.1 Å². The van der Waals surface area contributed by atoms with Gasteiger partial charge in [-0.05, 0) is 36.7 Å². The maximum Gasteiger partial charge on any atom is 0.433 e. The van der Waals surface area contributed by atoms with Gasteiger partial charge in [0.1, 0.15) is 10.7 Å². The predicted molar refractivity (Wildman–Crippen MR) is 71.9 cm³/mol. The quantitative estimate of drug-likeness (QED) is 0.653. The Hall–Kier alpha value is -2.28. The molecule has 0 aliphatic rings. The molecule has 0 aliphatic carbocycles. The van der Waals surface area contributed by atoms with E-state index in [1.54, 1.807) is 0 Å². The van der Waals surface area contributed by atoms with Crippen LogP contribution in [-0.4, -0.2) is 11.5 Å². The fourth-order valence-electron chi connectivity index (χ4n) is 1.96. The molecule has 0 saturated carbocycles. The van der Waals surface area contributed by atoms with E-state index >= 15 is 0 Å². The Balaban J connectivity index is 2.36. The van der Waals surface area contributed by atoms with Crippen LogP contribution in [-0.2, 0) is 0 Å². The third-order valence-corrected chi connectivity index (χ3v) is 2.95. The first-order valence-corrected chi connectivity index (χ1v) is 6.45. The molecule has 0 fully saturated rings. The lowest BCUT2D eigenvalue weighted by Gasteiger charge is -2.16. The molecule has 5 nitrogen and oxygen atoms in total. The van der Waals surface area contributed by atoms with Crippen LogP contribution >= 0.6 is 0 Å². The van der Waals surface area contributed by atoms with E-state index in [0.29, 0.717) is 12.1 Å². The molecule has 0 amide bonds. The topological polar surface area (TPSA) is 68.3 Å². The van der Waals surface area contributed by atoms with Crippen LogP contribution in [0.15, 0.2) is 34.7 Å². The first-order valence-electron chi connectivity index (χ1n) is 6.45. The van der Waals surface area contributed by atoms with E-state index in [1.807, 2.05) is 6.92 Å². The van der Waals surface area contributed by atoms with Crippen LogP contribution in [0.1, 0.15) is 30.7 Å². The van der Waals surface area contributed by atoms with Crippen molar-refractivity contribution >= 4 is 5.88 Å². The van der Waals surface area contributed by atoms with Crippen LogP contribution in [0.3, 0.4) is 0 Å². The summed E-state index contributed by atoms with van der Waals surface area (Å²) in [6, 6.07) is 5.59. The fraction of sp³-hybridized carbons (Fsp3) is 0.286. The highest BCUT2D eigenvalue weighted by atomic mass is 19.2. The van der Waals surface area contributed by atoms with Gasteiger partial charge in [-0.2, -0.15) is 0 Å². The Morgan fingerprint density at radius 2 is 2.05 bits per heavy atom. The van der Waals surface area contributed by atoms with E-state index in [2.05, 4.69) is 5.32 Å². The molecule has 21 heavy (non-hydrogen) atoms. The summed E-state index contributed by atoms with van der Waals surface area (Å²) in [5.41, 5.74) is 0.437. The summed E-state index contributed by atoms with van der Waals surface area (Å²) < 4.78 is 31.5. The molecule has 112 valence electrons. The van der Waals surface area contributed by atoms with Crippen LogP contribution in [0.5, 0.6) is 0 Å². The molecule has 1 heterocycles. The van der Waals surface area contributed by atoms with Gasteiger partial charge in [0, 0.05) is 0 Å². The molecule has 1 atom stereocenters. The average Bonchev–Trinajstić information content (AvgIpc) is 2.93. The van der Waals surface area contributed by atoms with Crippen molar-refractivity contribution in [2.45, 2.75) is 19.4 Å². The van der Waals surface area contributed by atoms with E-state index in [0.717, 1.165) is 18.6 Å². The molecule has 1 unspecified atom stereocenters. The number of nitrogens with zero attached hydrogens (tertiary/aromatic N) is 1. The van der Waals surface area contributed by atoms with E-state index in [4.69, 9.17) is 4.42 Å². The summed E-state index contributed by atoms with van der Waals surface area (Å²) in [5, 5.41) is 13.8. The zero-order valence-electron chi connectivity index (χ0n) is 11.3. The lowest BCUT2D eigenvalue weighted by atomic mass is 10.0. The monoisotopic (exact) mass is 296 g/mol. The molecular weight excluding hydrogens is 282 g/mol. The number of furan rings is 1. The highest BCUT2D eigenvalue weighted by Crippen LogP contribution is 2.27. The second-order valence-electron chi connectivity index (χ2n) is 4.49. The Bertz CT molecular complexity index is 643. The number of nitro groups is 1. The maximum atomic E-state index is 13.4. The molecule has 2 aromatic rings. The highest BCUT2D eigenvalue weighted by molar-refractivity contribution is 5.30. The van der Waals surface area contributed by atoms with Crippen LogP contribution in [0, 0.1) is 21.7 Å². The predicted octanol–water partition coefficient (Wildman–Crippen LogP) is 3.56. The van der Waals surface area contributed by atoms with Crippen molar-refractivity contribution in [2.24, 2.45) is 0 Å². The van der Waals surface area contributed by atoms with Crippen molar-refractivity contribution in [3.63, 3.8) is 0 Å². The largest absolute Gasteiger partial charge is 0.433 e. The molecule has 2 rings (SSSR count). The summed E-state index contributed by atoms with van der Waals surface area (Å²) in [6.07, 6.45) is 0.809. The van der Waals surface area contributed by atoms with Crippen molar-refractivity contribution < 1.29 is 18.1 Å². The van der Waals surface area contributed by atoms with Crippen LogP contribution in [0.25, 0.3) is 0 Å². The molecule has 1 aromatic carbocycles. The number of rotatable bonds is 6. The van der Waals surface area contributed by atoms with Gasteiger partial charge in [-0.15, -0.1) is 0 Å². The van der Waals surface area contributed by atoms with E-state index in [-0.39, 0.29) is 5.76 Å². The summed E-state index contributed by atoms with van der Waals surface area (Å²) in [6.45, 7) is 2.54. The van der Waals surface area contributed by atoms with Crippen LogP contribution in [0.2, 0.25) is 0 Å². The van der Waals surface area contributed by atoms with Crippen molar-refractivity contribution in [1.29, 1.82) is 0 Å². The molecule has 1 N–H and O–H groups in total. The van der Waals surface area contributed by atoms with Crippen molar-refractivity contribution in [3.05, 3.63) is 63.4 Å². The van der Waals surface area contributed by atoms with Gasteiger partial charge >= 0.3 is 5.88 Å². The van der Waals surface area contributed by atoms with Crippen molar-refractivity contribution in [2.75, 3.05) is 6.54 Å². The molecule has 0 aliphatic heterocycles. The smallest absolute Gasteiger partial charge is 0.404 e. The molecular formula is C14H14F2N2O3. The van der Waals surface area contributed by atoms with E-state index < -0.39 is 28.5 Å². The Kier molecular flexibility index (Phi) is 4.64. The molecule has 1 aromatic heterocycles. The Morgan fingerprint density at radius 3 is 2.62 bits per heavy atom. The van der Waals surface area contributed by atoms with Crippen molar-refractivity contribution in [3.8, 4) is 0 Å². The van der Waals surface area contributed by atoms with Gasteiger partial charge in [-0.1, -0.05) is 13.0 Å². The summed E-state index contributed by atoms with van der Waals surface area (Å²) >= 11 is 0. The third-order valence-electron chi connectivity index (χ3n) is 2.95. The second kappa shape index (κ2) is 6.45. The summed E-state index contributed by atoms with van der Waals surface area (Å²) in [4.78, 5) is 10.0. The Morgan fingerprint density at radius 1 is 1.29 bits per heavy atom. The van der Waals surface area contributed by atoms with Crippen LogP contribution in [0.4, 0.5) is 14.7 Å². The molecule has 0 radical (unpaired) electrons. The minimum Gasteiger partial charge on any atom is -0.404 e. The standard InChI is InChI=1S/C14H14F2N2O3/c1-2-7-17-14(9-3-4-10(15)11(16)8-9)12-5-6-13(21-12)18(19)20/h3-6,8,14,17H,2,7H2,1H3. The minimum atomic E-state index is -0.975. The maximum absolute atomic E-state index is 13.4. The third kappa shape index (κ3) is 3.43. The van der Waals surface area contributed by atoms with Crippen LogP contribution < -0.4 is 5.32 Å². The summed E-state index contributed by atoms with van der Waals surface area (Å²) in [7, 11) is 0. The number of halogens is 2. The minimum absolute atomic E-state index is 0.279. The van der Waals surface area contributed by atoms with Gasteiger partial charge in [-0.25, -0.2) is 8.78 Å². The van der Waals surface area contributed by atoms with Gasteiger partial charge in [0.2, 0.25) is 0 Å². The van der Waals surface area contributed by atoms with Gasteiger partial charge < -0.3 is 9.73 Å². The second-order valence-corrected chi connectivity index (χ2v) is 4.49. The first kappa shape index (κ1) is 15.1. The zero-order chi connectivity index (χ0) is 15.4.